The SMILES string of the molecule is CC.CC.CC.CC1CCN(c2ccc(C#N)cn2)CC1F. The lowest BCUT2D eigenvalue weighted by molar-refractivity contribution is 0.211. The summed E-state index contributed by atoms with van der Waals surface area (Å²) in [5.74, 6) is 0.892. The molecule has 2 heterocycles. The minimum atomic E-state index is -0.786. The number of rotatable bonds is 1. The lowest BCUT2D eigenvalue weighted by Crippen LogP contribution is -2.41. The van der Waals surface area contributed by atoms with Crippen molar-refractivity contribution >= 4 is 5.82 Å². The smallest absolute Gasteiger partial charge is 0.128 e. The zero-order valence-electron chi connectivity index (χ0n) is 15.2. The van der Waals surface area contributed by atoms with Crippen LogP contribution < -0.4 is 4.90 Å². The maximum atomic E-state index is 13.5. The molecule has 0 bridgehead atoms. The van der Waals surface area contributed by atoms with Crippen LogP contribution >= 0.6 is 0 Å². The summed E-state index contributed by atoms with van der Waals surface area (Å²) in [5.41, 5.74) is 0.533. The molecule has 0 N–H and O–H groups in total. The van der Waals surface area contributed by atoms with Gasteiger partial charge in [-0.25, -0.2) is 9.37 Å². The van der Waals surface area contributed by atoms with Crippen molar-refractivity contribution in [2.45, 2.75) is 61.1 Å². The highest BCUT2D eigenvalue weighted by atomic mass is 19.1. The second-order valence-corrected chi connectivity index (χ2v) is 4.24. The molecule has 0 radical (unpaired) electrons. The van der Waals surface area contributed by atoms with Gasteiger partial charge in [-0.05, 0) is 24.5 Å². The van der Waals surface area contributed by atoms with Crippen LogP contribution in [0.4, 0.5) is 10.2 Å². The Bertz CT molecular complexity index is 398. The third kappa shape index (κ3) is 7.40. The molecule has 4 heteroatoms. The first-order chi connectivity index (χ1) is 10.7. The molecule has 126 valence electrons. The van der Waals surface area contributed by atoms with Crippen LogP contribution in [-0.4, -0.2) is 24.2 Å². The summed E-state index contributed by atoms with van der Waals surface area (Å²) in [6.45, 7) is 15.2. The number of alkyl halides is 1. The first kappa shape index (κ1) is 22.6. The van der Waals surface area contributed by atoms with Gasteiger partial charge < -0.3 is 4.90 Å². The summed E-state index contributed by atoms with van der Waals surface area (Å²) < 4.78 is 13.5. The summed E-state index contributed by atoms with van der Waals surface area (Å²) in [6.07, 6.45) is 1.59. The van der Waals surface area contributed by atoms with E-state index in [1.54, 1.807) is 12.1 Å². The molecule has 1 aliphatic heterocycles. The number of nitrogens with zero attached hydrogens (tertiary/aromatic N) is 3. The van der Waals surface area contributed by atoms with Gasteiger partial charge in [0, 0.05) is 12.7 Å². The monoisotopic (exact) mass is 309 g/mol. The molecule has 0 aliphatic carbocycles. The Morgan fingerprint density at radius 1 is 1.18 bits per heavy atom. The summed E-state index contributed by atoms with van der Waals surface area (Å²) >= 11 is 0. The summed E-state index contributed by atoms with van der Waals surface area (Å²) in [6, 6.07) is 5.51. The molecular weight excluding hydrogens is 277 g/mol. The van der Waals surface area contributed by atoms with Crippen molar-refractivity contribution in [2.75, 3.05) is 18.0 Å². The Labute approximate surface area is 136 Å². The summed E-state index contributed by atoms with van der Waals surface area (Å²) in [4.78, 5) is 6.11. The molecule has 2 unspecified atom stereocenters. The quantitative estimate of drug-likeness (QED) is 0.714. The van der Waals surface area contributed by atoms with E-state index in [2.05, 4.69) is 4.98 Å². The fourth-order valence-electron chi connectivity index (χ4n) is 1.87. The lowest BCUT2D eigenvalue weighted by atomic mass is 9.97. The van der Waals surface area contributed by atoms with Gasteiger partial charge in [0.1, 0.15) is 18.1 Å². The van der Waals surface area contributed by atoms with Crippen molar-refractivity contribution in [3.05, 3.63) is 23.9 Å². The molecule has 0 spiro atoms. The first-order valence-electron chi connectivity index (χ1n) is 8.46. The van der Waals surface area contributed by atoms with Gasteiger partial charge in [0.15, 0.2) is 0 Å². The average Bonchev–Trinajstić information content (AvgIpc) is 2.63. The Morgan fingerprint density at radius 2 is 1.77 bits per heavy atom. The van der Waals surface area contributed by atoms with Crippen LogP contribution in [0, 0.1) is 17.2 Å². The number of hydrogen-bond acceptors (Lipinski definition) is 3. The van der Waals surface area contributed by atoms with Gasteiger partial charge in [-0.15, -0.1) is 0 Å². The number of pyridine rings is 1. The second-order valence-electron chi connectivity index (χ2n) is 4.24. The Balaban J connectivity index is 0. The normalized spacial score (nSPS) is 19.1. The van der Waals surface area contributed by atoms with Gasteiger partial charge in [-0.2, -0.15) is 5.26 Å². The van der Waals surface area contributed by atoms with Crippen molar-refractivity contribution < 1.29 is 4.39 Å². The molecule has 0 saturated carbocycles. The minimum absolute atomic E-state index is 0.134. The second kappa shape index (κ2) is 14.3. The van der Waals surface area contributed by atoms with Crippen LogP contribution in [0.15, 0.2) is 18.3 Å². The van der Waals surface area contributed by atoms with Crippen LogP contribution in [-0.2, 0) is 0 Å². The highest BCUT2D eigenvalue weighted by Gasteiger charge is 2.26. The molecule has 2 rings (SSSR count). The highest BCUT2D eigenvalue weighted by Crippen LogP contribution is 2.23. The Kier molecular flexibility index (Phi) is 14.7. The number of piperidine rings is 1. The third-order valence-electron chi connectivity index (χ3n) is 3.07. The van der Waals surface area contributed by atoms with E-state index in [9.17, 15) is 4.39 Å². The number of aromatic nitrogens is 1. The van der Waals surface area contributed by atoms with Gasteiger partial charge in [0.2, 0.25) is 0 Å². The first-order valence-corrected chi connectivity index (χ1v) is 8.46. The van der Waals surface area contributed by atoms with Crippen molar-refractivity contribution in [3.8, 4) is 6.07 Å². The number of nitriles is 1. The molecule has 1 saturated heterocycles. The number of halogens is 1. The number of hydrogen-bond donors (Lipinski definition) is 0. The molecule has 1 aliphatic rings. The van der Waals surface area contributed by atoms with E-state index in [4.69, 9.17) is 5.26 Å². The van der Waals surface area contributed by atoms with Crippen LogP contribution in [0.5, 0.6) is 0 Å². The van der Waals surface area contributed by atoms with Crippen LogP contribution in [0.3, 0.4) is 0 Å². The van der Waals surface area contributed by atoms with Gasteiger partial charge in [-0.1, -0.05) is 48.5 Å². The van der Waals surface area contributed by atoms with E-state index in [1.165, 1.54) is 6.20 Å². The highest BCUT2D eigenvalue weighted by molar-refractivity contribution is 5.42. The van der Waals surface area contributed by atoms with Crippen molar-refractivity contribution in [3.63, 3.8) is 0 Å². The van der Waals surface area contributed by atoms with Gasteiger partial charge in [0.05, 0.1) is 12.1 Å². The van der Waals surface area contributed by atoms with E-state index >= 15 is 0 Å². The van der Waals surface area contributed by atoms with Gasteiger partial charge in [-0.3, -0.25) is 0 Å². The molecule has 1 fully saturated rings. The van der Waals surface area contributed by atoms with E-state index in [1.807, 2.05) is 59.4 Å². The summed E-state index contributed by atoms with van der Waals surface area (Å²) in [7, 11) is 0. The lowest BCUT2D eigenvalue weighted by Gasteiger charge is -2.33. The van der Waals surface area contributed by atoms with Crippen LogP contribution in [0.25, 0.3) is 0 Å². The van der Waals surface area contributed by atoms with Crippen molar-refractivity contribution in [1.29, 1.82) is 5.26 Å². The maximum absolute atomic E-state index is 13.5. The van der Waals surface area contributed by atoms with E-state index in [0.29, 0.717) is 12.1 Å². The van der Waals surface area contributed by atoms with E-state index < -0.39 is 6.17 Å². The van der Waals surface area contributed by atoms with Gasteiger partial charge >= 0.3 is 0 Å². The Hall–Kier alpha value is -1.63. The zero-order chi connectivity index (χ0) is 17.5. The standard InChI is InChI=1S/C12H14FN3.3C2H6/c1-9-4-5-16(8-11(9)13)12-3-2-10(6-14)7-15-12;3*1-2/h2-3,7,9,11H,4-5,8H2,1H3;3*1-2H3. The van der Waals surface area contributed by atoms with Gasteiger partial charge in [0.25, 0.3) is 0 Å². The van der Waals surface area contributed by atoms with E-state index in [-0.39, 0.29) is 5.92 Å². The predicted molar refractivity (Wildman–Crippen MR) is 93.9 cm³/mol. The third-order valence-corrected chi connectivity index (χ3v) is 3.07. The molecule has 0 amide bonds. The van der Waals surface area contributed by atoms with Crippen LogP contribution in [0.1, 0.15) is 60.5 Å². The molecule has 0 aromatic carbocycles. The fraction of sp³-hybridized carbons (Fsp3) is 0.667. The minimum Gasteiger partial charge on any atom is -0.354 e. The average molecular weight is 309 g/mol. The molecule has 3 nitrogen and oxygen atoms in total. The molecule has 2 atom stereocenters. The molecule has 1 aromatic heterocycles. The molecular formula is C18H32FN3. The fourth-order valence-corrected chi connectivity index (χ4v) is 1.87. The molecule has 22 heavy (non-hydrogen) atoms. The predicted octanol–water partition coefficient (Wildman–Crippen LogP) is 5.22. The topological polar surface area (TPSA) is 39.9 Å². The van der Waals surface area contributed by atoms with Crippen molar-refractivity contribution in [2.24, 2.45) is 5.92 Å². The van der Waals surface area contributed by atoms with Crippen molar-refractivity contribution in [1.82, 2.24) is 4.98 Å². The Morgan fingerprint density at radius 3 is 2.18 bits per heavy atom. The summed E-state index contributed by atoms with van der Waals surface area (Å²) in [5, 5.41) is 8.65. The maximum Gasteiger partial charge on any atom is 0.128 e. The number of anilines is 1. The van der Waals surface area contributed by atoms with E-state index in [0.717, 1.165) is 18.8 Å². The zero-order valence-corrected chi connectivity index (χ0v) is 15.2. The largest absolute Gasteiger partial charge is 0.354 e. The van der Waals surface area contributed by atoms with Crippen LogP contribution in [0.2, 0.25) is 0 Å². The molecule has 1 aromatic rings.